The van der Waals surface area contributed by atoms with Gasteiger partial charge in [0.15, 0.2) is 0 Å². The first kappa shape index (κ1) is 14.5. The minimum Gasteiger partial charge on any atom is -0.308 e. The largest absolute Gasteiger partial charge is 0.308 e. The van der Waals surface area contributed by atoms with E-state index in [0.717, 1.165) is 19.1 Å². The molecular formula is C16H27N3. The van der Waals surface area contributed by atoms with E-state index in [-0.39, 0.29) is 5.54 Å². The lowest BCUT2D eigenvalue weighted by Crippen LogP contribution is -2.36. The minimum atomic E-state index is 0.156. The smallest absolute Gasteiger partial charge is 0.0544 e. The quantitative estimate of drug-likeness (QED) is 0.883. The third kappa shape index (κ3) is 4.59. The van der Waals surface area contributed by atoms with E-state index in [2.05, 4.69) is 55.2 Å². The maximum Gasteiger partial charge on any atom is 0.0544 e. The van der Waals surface area contributed by atoms with Crippen molar-refractivity contribution < 1.29 is 0 Å². The summed E-state index contributed by atoms with van der Waals surface area (Å²) in [6.07, 6.45) is 6.09. The van der Waals surface area contributed by atoms with E-state index in [0.29, 0.717) is 0 Å². The molecule has 0 unspecified atom stereocenters. The van der Waals surface area contributed by atoms with E-state index in [4.69, 9.17) is 0 Å². The van der Waals surface area contributed by atoms with Crippen molar-refractivity contribution in [2.24, 2.45) is 0 Å². The van der Waals surface area contributed by atoms with Crippen LogP contribution in [0.3, 0.4) is 0 Å². The normalized spacial score (nSPS) is 16.7. The molecule has 0 radical (unpaired) electrons. The third-order valence-corrected chi connectivity index (χ3v) is 3.82. The molecule has 1 aromatic heterocycles. The van der Waals surface area contributed by atoms with Crippen LogP contribution in [0, 0.1) is 0 Å². The summed E-state index contributed by atoms with van der Waals surface area (Å²) in [5.41, 5.74) is 2.59. The van der Waals surface area contributed by atoms with Crippen LogP contribution >= 0.6 is 0 Å². The van der Waals surface area contributed by atoms with Crippen LogP contribution in [0.15, 0.2) is 18.3 Å². The van der Waals surface area contributed by atoms with Gasteiger partial charge in [-0.05, 0) is 52.3 Å². The number of aromatic nitrogens is 1. The summed E-state index contributed by atoms with van der Waals surface area (Å²) in [4.78, 5) is 7.01. The lowest BCUT2D eigenvalue weighted by Gasteiger charge is -2.34. The van der Waals surface area contributed by atoms with E-state index in [9.17, 15) is 0 Å². The zero-order valence-corrected chi connectivity index (χ0v) is 12.7. The molecule has 1 N–H and O–H groups in total. The molecule has 0 saturated heterocycles. The highest BCUT2D eigenvalue weighted by Gasteiger charge is 2.21. The van der Waals surface area contributed by atoms with Crippen LogP contribution in [0.4, 0.5) is 0 Å². The molecule has 0 aromatic carbocycles. The molecule has 1 saturated carbocycles. The fourth-order valence-electron chi connectivity index (χ4n) is 2.23. The van der Waals surface area contributed by atoms with E-state index in [1.54, 1.807) is 0 Å². The van der Waals surface area contributed by atoms with Gasteiger partial charge in [-0.15, -0.1) is 0 Å². The molecule has 0 amide bonds. The molecule has 1 aliphatic carbocycles. The van der Waals surface area contributed by atoms with E-state index >= 15 is 0 Å². The van der Waals surface area contributed by atoms with Gasteiger partial charge in [-0.1, -0.05) is 12.5 Å². The Morgan fingerprint density at radius 3 is 2.53 bits per heavy atom. The van der Waals surface area contributed by atoms with Gasteiger partial charge in [-0.25, -0.2) is 0 Å². The first-order chi connectivity index (χ1) is 8.94. The van der Waals surface area contributed by atoms with Gasteiger partial charge in [-0.2, -0.15) is 0 Å². The zero-order chi connectivity index (χ0) is 13.9. The summed E-state index contributed by atoms with van der Waals surface area (Å²) in [7, 11) is 2.21. The number of hydrogen-bond acceptors (Lipinski definition) is 3. The highest BCUT2D eigenvalue weighted by Crippen LogP contribution is 2.24. The minimum absolute atomic E-state index is 0.156. The monoisotopic (exact) mass is 261 g/mol. The van der Waals surface area contributed by atoms with E-state index in [1.807, 2.05) is 6.20 Å². The Morgan fingerprint density at radius 1 is 1.32 bits per heavy atom. The lowest BCUT2D eigenvalue weighted by atomic mass is 9.92. The fourth-order valence-corrected chi connectivity index (χ4v) is 2.23. The fraction of sp³-hybridized carbons (Fsp3) is 0.688. The highest BCUT2D eigenvalue weighted by molar-refractivity contribution is 5.14. The predicted molar refractivity (Wildman–Crippen MR) is 79.9 cm³/mol. The number of rotatable bonds is 5. The van der Waals surface area contributed by atoms with Gasteiger partial charge >= 0.3 is 0 Å². The molecule has 0 aliphatic heterocycles. The summed E-state index contributed by atoms with van der Waals surface area (Å²) in [5, 5.41) is 3.48. The first-order valence-electron chi connectivity index (χ1n) is 7.33. The molecule has 3 nitrogen and oxygen atoms in total. The van der Waals surface area contributed by atoms with Crippen molar-refractivity contribution in [2.75, 3.05) is 7.05 Å². The number of nitrogens with one attached hydrogen (secondary N) is 1. The second-order valence-electron chi connectivity index (χ2n) is 6.76. The van der Waals surface area contributed by atoms with Gasteiger partial charge in [-0.3, -0.25) is 9.88 Å². The Bertz CT molecular complexity index is 387. The Labute approximate surface area is 117 Å². The van der Waals surface area contributed by atoms with Gasteiger partial charge in [0.25, 0.3) is 0 Å². The van der Waals surface area contributed by atoms with Crippen molar-refractivity contribution >= 4 is 0 Å². The van der Waals surface area contributed by atoms with Gasteiger partial charge < -0.3 is 5.32 Å². The average Bonchev–Trinajstić information content (AvgIpc) is 2.24. The molecule has 0 atom stereocenters. The molecule has 0 spiro atoms. The van der Waals surface area contributed by atoms with Crippen LogP contribution in [0.25, 0.3) is 0 Å². The van der Waals surface area contributed by atoms with Gasteiger partial charge in [0.1, 0.15) is 0 Å². The van der Waals surface area contributed by atoms with Gasteiger partial charge in [0.2, 0.25) is 0 Å². The Morgan fingerprint density at radius 2 is 2.05 bits per heavy atom. The molecule has 1 aromatic rings. The molecule has 1 aliphatic rings. The second kappa shape index (κ2) is 6.02. The van der Waals surface area contributed by atoms with Crippen LogP contribution in [0.2, 0.25) is 0 Å². The number of hydrogen-bond donors (Lipinski definition) is 1. The highest BCUT2D eigenvalue weighted by atomic mass is 15.1. The zero-order valence-electron chi connectivity index (χ0n) is 12.7. The van der Waals surface area contributed by atoms with Crippen molar-refractivity contribution in [1.82, 2.24) is 15.2 Å². The lowest BCUT2D eigenvalue weighted by molar-refractivity contribution is 0.151. The summed E-state index contributed by atoms with van der Waals surface area (Å²) >= 11 is 0. The molecule has 19 heavy (non-hydrogen) atoms. The standard InChI is InChI=1S/C16H27N3/c1-16(2,3)18-11-13-8-9-14(17-10-13)12-19(4)15-6-5-7-15/h8-10,15,18H,5-7,11-12H2,1-4H3. The summed E-state index contributed by atoms with van der Waals surface area (Å²) in [5.74, 6) is 0. The summed E-state index contributed by atoms with van der Waals surface area (Å²) in [6, 6.07) is 5.13. The Kier molecular flexibility index (Phi) is 4.58. The first-order valence-corrected chi connectivity index (χ1v) is 7.33. The summed E-state index contributed by atoms with van der Waals surface area (Å²) in [6.45, 7) is 8.40. The molecule has 0 bridgehead atoms. The molecule has 106 valence electrons. The van der Waals surface area contributed by atoms with E-state index < -0.39 is 0 Å². The Hall–Kier alpha value is -0.930. The van der Waals surface area contributed by atoms with Crippen molar-refractivity contribution in [1.29, 1.82) is 0 Å². The summed E-state index contributed by atoms with van der Waals surface area (Å²) < 4.78 is 0. The Balaban J connectivity index is 1.83. The number of pyridine rings is 1. The van der Waals surface area contributed by atoms with Crippen LogP contribution < -0.4 is 5.32 Å². The molecule has 3 heteroatoms. The average molecular weight is 261 g/mol. The van der Waals surface area contributed by atoms with Crippen LogP contribution in [0.1, 0.15) is 51.3 Å². The van der Waals surface area contributed by atoms with Crippen molar-refractivity contribution in [3.63, 3.8) is 0 Å². The van der Waals surface area contributed by atoms with Crippen LogP contribution in [0.5, 0.6) is 0 Å². The molecular weight excluding hydrogens is 234 g/mol. The number of nitrogens with zero attached hydrogens (tertiary/aromatic N) is 2. The molecule has 1 heterocycles. The maximum absolute atomic E-state index is 4.58. The molecule has 2 rings (SSSR count). The van der Waals surface area contributed by atoms with Crippen molar-refractivity contribution in [3.05, 3.63) is 29.6 Å². The van der Waals surface area contributed by atoms with Gasteiger partial charge in [0, 0.05) is 30.9 Å². The van der Waals surface area contributed by atoms with Crippen molar-refractivity contribution in [2.45, 2.75) is 64.7 Å². The van der Waals surface area contributed by atoms with Gasteiger partial charge in [0.05, 0.1) is 5.69 Å². The van der Waals surface area contributed by atoms with Crippen molar-refractivity contribution in [3.8, 4) is 0 Å². The van der Waals surface area contributed by atoms with E-state index in [1.165, 1.54) is 30.5 Å². The third-order valence-electron chi connectivity index (χ3n) is 3.82. The molecule has 1 fully saturated rings. The topological polar surface area (TPSA) is 28.2 Å². The predicted octanol–water partition coefficient (Wildman–Crippen LogP) is 2.95. The second-order valence-corrected chi connectivity index (χ2v) is 6.76. The SMILES string of the molecule is CN(Cc1ccc(CNC(C)(C)C)cn1)C1CCC1. The maximum atomic E-state index is 4.58. The van der Waals surface area contributed by atoms with Crippen LogP contribution in [-0.4, -0.2) is 28.5 Å². The van der Waals surface area contributed by atoms with Crippen LogP contribution in [-0.2, 0) is 13.1 Å².